The van der Waals surface area contributed by atoms with Crippen LogP contribution < -0.4 is 5.32 Å². The number of aliphatic hydroxyl groups is 1. The molecule has 1 aromatic rings. The minimum atomic E-state index is -1.29. The van der Waals surface area contributed by atoms with Gasteiger partial charge in [0.05, 0.1) is 17.8 Å². The number of furan rings is 1. The molecule has 1 aliphatic rings. The third-order valence-corrected chi connectivity index (χ3v) is 3.12. The lowest BCUT2D eigenvalue weighted by molar-refractivity contribution is -0.139. The Morgan fingerprint density at radius 2 is 2.42 bits per heavy atom. The maximum Gasteiger partial charge on any atom is 0.330 e. The summed E-state index contributed by atoms with van der Waals surface area (Å²) in [6.45, 7) is -0.632. The number of hydrogen-bond donors (Lipinski definition) is 3. The molecule has 0 unspecified atom stereocenters. The van der Waals surface area contributed by atoms with E-state index < -0.39 is 18.6 Å². The number of nitrogens with one attached hydrogen (secondary N) is 1. The van der Waals surface area contributed by atoms with Crippen molar-refractivity contribution in [3.05, 3.63) is 29.1 Å². The molecule has 0 aromatic carbocycles. The zero-order chi connectivity index (χ0) is 13.8. The van der Waals surface area contributed by atoms with Gasteiger partial charge in [0, 0.05) is 6.08 Å². The Balaban J connectivity index is 2.15. The van der Waals surface area contributed by atoms with E-state index in [2.05, 4.69) is 10.3 Å². The zero-order valence-electron chi connectivity index (χ0n) is 9.57. The molecule has 8 heteroatoms. The second kappa shape index (κ2) is 5.72. The van der Waals surface area contributed by atoms with E-state index >= 15 is 0 Å². The van der Waals surface area contributed by atoms with Crippen molar-refractivity contribution in [2.45, 2.75) is 6.04 Å². The number of hydrogen-bond acceptors (Lipinski definition) is 6. The van der Waals surface area contributed by atoms with Crippen LogP contribution in [0, 0.1) is 0 Å². The molecule has 0 bridgehead atoms. The highest BCUT2D eigenvalue weighted by molar-refractivity contribution is 8.18. The first-order valence-corrected chi connectivity index (χ1v) is 6.07. The van der Waals surface area contributed by atoms with Gasteiger partial charge in [-0.05, 0) is 23.9 Å². The Morgan fingerprint density at radius 1 is 1.63 bits per heavy atom. The van der Waals surface area contributed by atoms with Crippen LogP contribution in [-0.4, -0.2) is 39.9 Å². The van der Waals surface area contributed by atoms with Crippen molar-refractivity contribution in [1.82, 2.24) is 5.32 Å². The molecule has 7 nitrogen and oxygen atoms in total. The van der Waals surface area contributed by atoms with Gasteiger partial charge in [-0.25, -0.2) is 9.79 Å². The van der Waals surface area contributed by atoms with Gasteiger partial charge in [0.1, 0.15) is 5.76 Å². The minimum absolute atomic E-state index is 0.143. The summed E-state index contributed by atoms with van der Waals surface area (Å²) in [6.07, 6.45) is 3.00. The Bertz CT molecular complexity index is 549. The highest BCUT2D eigenvalue weighted by Crippen LogP contribution is 2.26. The molecule has 1 fully saturated rings. The molecule has 1 atom stereocenters. The van der Waals surface area contributed by atoms with Crippen molar-refractivity contribution in [2.75, 3.05) is 6.61 Å². The number of rotatable bonds is 4. The van der Waals surface area contributed by atoms with E-state index in [0.717, 1.165) is 11.8 Å². The fourth-order valence-corrected chi connectivity index (χ4v) is 2.16. The number of aliphatic hydroxyl groups excluding tert-OH is 1. The Hall–Kier alpha value is -2.06. The van der Waals surface area contributed by atoms with Gasteiger partial charge in [-0.15, -0.1) is 0 Å². The van der Waals surface area contributed by atoms with Crippen LogP contribution in [0.1, 0.15) is 5.76 Å². The molecule has 0 saturated carbocycles. The molecule has 0 spiro atoms. The van der Waals surface area contributed by atoms with E-state index in [-0.39, 0.29) is 11.1 Å². The average molecular weight is 282 g/mol. The summed E-state index contributed by atoms with van der Waals surface area (Å²) >= 11 is 0.994. The lowest BCUT2D eigenvalue weighted by Gasteiger charge is -2.03. The molecule has 1 aliphatic heterocycles. The topological polar surface area (TPSA) is 112 Å². The van der Waals surface area contributed by atoms with Gasteiger partial charge in [0.25, 0.3) is 5.91 Å². The number of carbonyl (C=O) groups is 2. The van der Waals surface area contributed by atoms with Gasteiger partial charge in [-0.1, -0.05) is 0 Å². The Labute approximate surface area is 112 Å². The Kier molecular flexibility index (Phi) is 4.03. The lowest BCUT2D eigenvalue weighted by atomic mass is 10.3. The summed E-state index contributed by atoms with van der Waals surface area (Å²) in [5.74, 6) is -1.13. The first-order chi connectivity index (χ1) is 9.10. The third kappa shape index (κ3) is 3.24. The smallest absolute Gasteiger partial charge is 0.330 e. The molecule has 3 N–H and O–H groups in total. The van der Waals surface area contributed by atoms with Crippen molar-refractivity contribution in [3.63, 3.8) is 0 Å². The molecular formula is C11H10N2O5S. The van der Waals surface area contributed by atoms with Crippen LogP contribution in [0.5, 0.6) is 0 Å². The van der Waals surface area contributed by atoms with E-state index in [0.29, 0.717) is 10.7 Å². The molecule has 0 aliphatic carbocycles. The maximum absolute atomic E-state index is 11.6. The highest BCUT2D eigenvalue weighted by atomic mass is 32.2. The highest BCUT2D eigenvalue weighted by Gasteiger charge is 2.26. The van der Waals surface area contributed by atoms with Crippen LogP contribution in [0.4, 0.5) is 0 Å². The van der Waals surface area contributed by atoms with E-state index in [9.17, 15) is 9.59 Å². The van der Waals surface area contributed by atoms with Crippen LogP contribution in [0.3, 0.4) is 0 Å². The summed E-state index contributed by atoms with van der Waals surface area (Å²) in [5, 5.41) is 20.2. The normalized spacial score (nSPS) is 20.8. The standard InChI is InChI=1S/C11H10N2O5S/c14-5-7(10(16)17)12-11-13-9(15)8(19-11)4-6-2-1-3-18-6/h1-4,7,14H,5H2,(H,16,17)(H,12,13,15)/b8-4+/t7-/m0/s1. The summed E-state index contributed by atoms with van der Waals surface area (Å²) in [5.41, 5.74) is 0. The minimum Gasteiger partial charge on any atom is -0.480 e. The predicted molar refractivity (Wildman–Crippen MR) is 68.4 cm³/mol. The Morgan fingerprint density at radius 3 is 3.00 bits per heavy atom. The van der Waals surface area contributed by atoms with Crippen LogP contribution in [0.2, 0.25) is 0 Å². The number of aliphatic imine (C=N–C) groups is 1. The number of carboxylic acid groups (broad SMARTS) is 1. The third-order valence-electron chi connectivity index (χ3n) is 2.20. The van der Waals surface area contributed by atoms with E-state index in [1.807, 2.05) is 0 Å². The van der Waals surface area contributed by atoms with E-state index in [1.165, 1.54) is 12.3 Å². The maximum atomic E-state index is 11.6. The molecule has 2 heterocycles. The van der Waals surface area contributed by atoms with Gasteiger partial charge in [-0.2, -0.15) is 0 Å². The molecular weight excluding hydrogens is 272 g/mol. The van der Waals surface area contributed by atoms with Gasteiger partial charge >= 0.3 is 5.97 Å². The molecule has 19 heavy (non-hydrogen) atoms. The molecule has 0 radical (unpaired) electrons. The van der Waals surface area contributed by atoms with Gasteiger partial charge in [0.2, 0.25) is 0 Å². The van der Waals surface area contributed by atoms with Crippen molar-refractivity contribution in [2.24, 2.45) is 4.99 Å². The largest absolute Gasteiger partial charge is 0.480 e. The fourth-order valence-electron chi connectivity index (χ4n) is 1.31. The van der Waals surface area contributed by atoms with Crippen LogP contribution in [0.25, 0.3) is 6.08 Å². The number of carboxylic acids is 1. The van der Waals surface area contributed by atoms with Crippen LogP contribution >= 0.6 is 11.8 Å². The van der Waals surface area contributed by atoms with E-state index in [4.69, 9.17) is 14.6 Å². The average Bonchev–Trinajstić information content (AvgIpc) is 2.97. The number of aliphatic carboxylic acids is 1. The molecule has 2 rings (SSSR count). The van der Waals surface area contributed by atoms with Gasteiger partial charge in [0.15, 0.2) is 11.2 Å². The van der Waals surface area contributed by atoms with Crippen molar-refractivity contribution < 1.29 is 24.2 Å². The second-order valence-corrected chi connectivity index (χ2v) is 4.58. The summed E-state index contributed by atoms with van der Waals surface area (Å²) in [6, 6.07) is 2.08. The summed E-state index contributed by atoms with van der Waals surface area (Å²) in [7, 11) is 0. The van der Waals surface area contributed by atoms with Gasteiger partial charge < -0.3 is 19.9 Å². The summed E-state index contributed by atoms with van der Waals surface area (Å²) < 4.78 is 5.08. The summed E-state index contributed by atoms with van der Waals surface area (Å²) in [4.78, 5) is 26.4. The monoisotopic (exact) mass is 282 g/mol. The van der Waals surface area contributed by atoms with Crippen LogP contribution in [-0.2, 0) is 9.59 Å². The number of carbonyl (C=O) groups excluding carboxylic acids is 1. The first kappa shape index (κ1) is 13.4. The van der Waals surface area contributed by atoms with Crippen molar-refractivity contribution >= 4 is 34.9 Å². The number of thioether (sulfide) groups is 1. The SMILES string of the molecule is O=C1NC(=N[C@@H](CO)C(=O)O)S/C1=C/c1ccco1. The van der Waals surface area contributed by atoms with Gasteiger partial charge in [-0.3, -0.25) is 4.79 Å². The van der Waals surface area contributed by atoms with Crippen LogP contribution in [0.15, 0.2) is 32.7 Å². The fraction of sp³-hybridized carbons (Fsp3) is 0.182. The number of amides is 1. The molecule has 1 aromatic heterocycles. The molecule has 100 valence electrons. The second-order valence-electron chi connectivity index (χ2n) is 3.55. The zero-order valence-corrected chi connectivity index (χ0v) is 10.4. The quantitative estimate of drug-likeness (QED) is 0.684. The first-order valence-electron chi connectivity index (χ1n) is 5.26. The van der Waals surface area contributed by atoms with Crippen molar-refractivity contribution in [1.29, 1.82) is 0 Å². The number of nitrogens with zero attached hydrogens (tertiary/aromatic N) is 1. The molecule has 1 saturated heterocycles. The number of amidine groups is 1. The van der Waals surface area contributed by atoms with E-state index in [1.54, 1.807) is 12.1 Å². The predicted octanol–water partition coefficient (Wildman–Crippen LogP) is 0.285. The lowest BCUT2D eigenvalue weighted by Crippen LogP contribution is -2.27. The van der Waals surface area contributed by atoms with Crippen molar-refractivity contribution in [3.8, 4) is 0 Å². The molecule has 1 amide bonds.